The van der Waals surface area contributed by atoms with Gasteiger partial charge in [0.1, 0.15) is 4.70 Å². The predicted octanol–water partition coefficient (Wildman–Crippen LogP) is 3.97. The molecule has 34 heavy (non-hydrogen) atoms. The summed E-state index contributed by atoms with van der Waals surface area (Å²) in [6.07, 6.45) is 2.38. The molecule has 0 saturated carbocycles. The van der Waals surface area contributed by atoms with Crippen molar-refractivity contribution in [1.29, 1.82) is 0 Å². The maximum absolute atomic E-state index is 11.2. The Morgan fingerprint density at radius 2 is 1.85 bits per heavy atom. The minimum atomic E-state index is -4.32. The van der Waals surface area contributed by atoms with Gasteiger partial charge in [-0.05, 0) is 30.7 Å². The number of anilines is 1. The fourth-order valence-corrected chi connectivity index (χ4v) is 7.16. The highest BCUT2D eigenvalue weighted by molar-refractivity contribution is 8.04. The molecule has 0 fully saturated rings. The molecule has 0 atom stereocenters. The van der Waals surface area contributed by atoms with E-state index in [4.69, 9.17) is 16.2 Å². The van der Waals surface area contributed by atoms with E-state index in [1.807, 2.05) is 51.9 Å². The number of hydrogen-bond donors (Lipinski definition) is 1. The second-order valence-corrected chi connectivity index (χ2v) is 13.3. The Hall–Kier alpha value is -1.67. The summed E-state index contributed by atoms with van der Waals surface area (Å²) in [6, 6.07) is 13.3. The van der Waals surface area contributed by atoms with Crippen LogP contribution in [0, 0.1) is 0 Å². The molecule has 0 unspecified atom stereocenters. The van der Waals surface area contributed by atoms with Gasteiger partial charge in [-0.3, -0.25) is 4.55 Å². The lowest BCUT2D eigenvalue weighted by molar-refractivity contribution is -0.668. The fraction of sp³-hybridized carbons (Fsp3) is 0.286. The van der Waals surface area contributed by atoms with E-state index in [0.717, 1.165) is 30.8 Å². The maximum atomic E-state index is 11.2. The van der Waals surface area contributed by atoms with Crippen molar-refractivity contribution in [3.8, 4) is 0 Å². The number of nitrogens with zero attached hydrogens (tertiary/aromatic N) is 2. The number of aromatic nitrogens is 1. The van der Waals surface area contributed by atoms with Crippen molar-refractivity contribution in [2.24, 2.45) is 0 Å². The molecule has 1 aliphatic heterocycles. The van der Waals surface area contributed by atoms with E-state index in [0.29, 0.717) is 18.1 Å². The number of benzene rings is 2. The SMILES string of the molecule is O=S(=O)([O-])CCCN1/C(=C/c2sc3ccccc3[n+]2CCCS(=O)(=O)O)Sc2ccc(Cl)cc21. The van der Waals surface area contributed by atoms with E-state index in [1.165, 1.54) is 11.8 Å². The van der Waals surface area contributed by atoms with Crippen molar-refractivity contribution in [1.82, 2.24) is 0 Å². The highest BCUT2D eigenvalue weighted by Crippen LogP contribution is 2.47. The van der Waals surface area contributed by atoms with Crippen LogP contribution in [0.3, 0.4) is 0 Å². The smallest absolute Gasteiger partial charge is 0.265 e. The first kappa shape index (κ1) is 25.4. The van der Waals surface area contributed by atoms with E-state index >= 15 is 0 Å². The number of thioether (sulfide) groups is 1. The average molecular weight is 561 g/mol. The molecular formula is C21H21ClN2O6S4. The summed E-state index contributed by atoms with van der Waals surface area (Å²) in [4.78, 5) is 2.91. The van der Waals surface area contributed by atoms with Crippen molar-refractivity contribution < 1.29 is 30.5 Å². The van der Waals surface area contributed by atoms with Gasteiger partial charge in [-0.2, -0.15) is 13.0 Å². The largest absolute Gasteiger partial charge is 0.748 e. The van der Waals surface area contributed by atoms with Crippen molar-refractivity contribution in [3.63, 3.8) is 0 Å². The van der Waals surface area contributed by atoms with Gasteiger partial charge in [0.15, 0.2) is 6.54 Å². The predicted molar refractivity (Wildman–Crippen MR) is 135 cm³/mol. The first-order valence-electron chi connectivity index (χ1n) is 10.3. The molecular weight excluding hydrogens is 540 g/mol. The van der Waals surface area contributed by atoms with Crippen LogP contribution in [0.5, 0.6) is 0 Å². The summed E-state index contributed by atoms with van der Waals surface area (Å²) in [5.41, 5.74) is 1.79. The average Bonchev–Trinajstić information content (AvgIpc) is 3.24. The molecule has 0 aliphatic carbocycles. The number of thiazole rings is 1. The summed E-state index contributed by atoms with van der Waals surface area (Å²) in [5, 5.41) is 2.26. The van der Waals surface area contributed by atoms with Crippen molar-refractivity contribution in [3.05, 3.63) is 57.5 Å². The molecule has 8 nitrogen and oxygen atoms in total. The standard InChI is InChI=1S/C21H21ClN2O6S4/c22-15-7-8-19-17(13-15)24(10-4-12-34(28,29)30)21(32-19)14-20-23(9-3-11-33(25,26)27)16-5-1-2-6-18(16)31-20/h1-2,5-8,13-14H,3-4,9-12H2,(H-,25,26,27,28,29,30). The van der Waals surface area contributed by atoms with Gasteiger partial charge in [0.05, 0.1) is 32.7 Å². The summed E-state index contributed by atoms with van der Waals surface area (Å²) in [6.45, 7) is 0.710. The molecule has 3 aromatic rings. The first-order chi connectivity index (χ1) is 16.0. The topological polar surface area (TPSA) is 119 Å². The van der Waals surface area contributed by atoms with Gasteiger partial charge < -0.3 is 9.45 Å². The van der Waals surface area contributed by atoms with Gasteiger partial charge in [0, 0.05) is 34.7 Å². The molecule has 1 aromatic heterocycles. The number of halogens is 1. The molecule has 0 radical (unpaired) electrons. The molecule has 4 rings (SSSR count). The van der Waals surface area contributed by atoms with E-state index in [1.54, 1.807) is 17.4 Å². The van der Waals surface area contributed by atoms with Crippen molar-refractivity contribution in [2.75, 3.05) is 23.0 Å². The summed E-state index contributed by atoms with van der Waals surface area (Å²) in [5.74, 6) is -0.801. The van der Waals surface area contributed by atoms with Gasteiger partial charge in [0.2, 0.25) is 5.52 Å². The summed E-state index contributed by atoms with van der Waals surface area (Å²) in [7, 11) is -8.39. The van der Waals surface area contributed by atoms with Gasteiger partial charge in [-0.15, -0.1) is 0 Å². The molecule has 0 bridgehead atoms. The van der Waals surface area contributed by atoms with Crippen LogP contribution in [-0.4, -0.2) is 44.0 Å². The number of fused-ring (bicyclic) bond motifs is 2. The molecule has 0 saturated heterocycles. The van der Waals surface area contributed by atoms with Crippen LogP contribution >= 0.6 is 34.7 Å². The maximum Gasteiger partial charge on any atom is 0.265 e. The number of para-hydroxylation sites is 1. The Kier molecular flexibility index (Phi) is 7.58. The third kappa shape index (κ3) is 6.30. The Labute approximate surface area is 211 Å². The Morgan fingerprint density at radius 3 is 2.59 bits per heavy atom. The van der Waals surface area contributed by atoms with Crippen LogP contribution in [-0.2, 0) is 26.8 Å². The second kappa shape index (κ2) is 10.1. The third-order valence-corrected chi connectivity index (χ3v) is 9.19. The van der Waals surface area contributed by atoms with Crippen LogP contribution in [0.1, 0.15) is 17.8 Å². The lowest BCUT2D eigenvalue weighted by atomic mass is 10.2. The van der Waals surface area contributed by atoms with E-state index in [2.05, 4.69) is 0 Å². The van der Waals surface area contributed by atoms with E-state index in [-0.39, 0.29) is 18.6 Å². The molecule has 2 aromatic carbocycles. The molecule has 0 spiro atoms. The molecule has 1 N–H and O–H groups in total. The molecule has 182 valence electrons. The lowest BCUT2D eigenvalue weighted by Gasteiger charge is -2.20. The first-order valence-corrected chi connectivity index (χ1v) is 15.5. The Bertz CT molecular complexity index is 1470. The quantitative estimate of drug-likeness (QED) is 0.308. The summed E-state index contributed by atoms with van der Waals surface area (Å²) >= 11 is 9.26. The molecule has 13 heteroatoms. The van der Waals surface area contributed by atoms with Crippen LogP contribution in [0.15, 0.2) is 52.4 Å². The molecule has 1 aliphatic rings. The van der Waals surface area contributed by atoms with Gasteiger partial charge in [-0.25, -0.2) is 8.42 Å². The van der Waals surface area contributed by atoms with E-state index < -0.39 is 26.0 Å². The van der Waals surface area contributed by atoms with Crippen LogP contribution in [0.25, 0.3) is 16.3 Å². The lowest BCUT2D eigenvalue weighted by Crippen LogP contribution is -2.36. The summed E-state index contributed by atoms with van der Waals surface area (Å²) < 4.78 is 67.9. The van der Waals surface area contributed by atoms with Crippen LogP contribution < -0.4 is 9.47 Å². The fourth-order valence-electron chi connectivity index (χ4n) is 3.71. The minimum Gasteiger partial charge on any atom is -0.748 e. The van der Waals surface area contributed by atoms with Crippen molar-refractivity contribution in [2.45, 2.75) is 24.3 Å². The zero-order valence-corrected chi connectivity index (χ0v) is 21.8. The van der Waals surface area contributed by atoms with Gasteiger partial charge in [-0.1, -0.05) is 46.8 Å². The molecule has 0 amide bonds. The second-order valence-electron chi connectivity index (χ2n) is 7.66. The Morgan fingerprint density at radius 1 is 1.09 bits per heavy atom. The highest BCUT2D eigenvalue weighted by Gasteiger charge is 2.28. The van der Waals surface area contributed by atoms with Crippen LogP contribution in [0.4, 0.5) is 5.69 Å². The molecule has 2 heterocycles. The van der Waals surface area contributed by atoms with Gasteiger partial charge >= 0.3 is 0 Å². The van der Waals surface area contributed by atoms with Crippen molar-refractivity contribution >= 4 is 76.9 Å². The number of hydrogen-bond acceptors (Lipinski definition) is 8. The number of rotatable bonds is 9. The monoisotopic (exact) mass is 560 g/mol. The number of aryl methyl sites for hydroxylation is 1. The normalized spacial score (nSPS) is 15.4. The zero-order valence-electron chi connectivity index (χ0n) is 17.8. The van der Waals surface area contributed by atoms with Gasteiger partial charge in [0.25, 0.3) is 15.1 Å². The minimum absolute atomic E-state index is 0.163. The Balaban J connectivity index is 1.70. The third-order valence-electron chi connectivity index (χ3n) is 5.14. The van der Waals surface area contributed by atoms with E-state index in [9.17, 15) is 21.4 Å². The highest BCUT2D eigenvalue weighted by atomic mass is 35.5. The van der Waals surface area contributed by atoms with Crippen LogP contribution in [0.2, 0.25) is 5.02 Å². The zero-order chi connectivity index (χ0) is 24.5.